The van der Waals surface area contributed by atoms with E-state index in [1.807, 2.05) is 10.6 Å². The molecule has 5 heteroatoms. The van der Waals surface area contributed by atoms with Gasteiger partial charge in [-0.1, -0.05) is 22.0 Å². The van der Waals surface area contributed by atoms with Crippen LogP contribution in [0.3, 0.4) is 0 Å². The van der Waals surface area contributed by atoms with Gasteiger partial charge in [-0.15, -0.1) is 10.2 Å². The van der Waals surface area contributed by atoms with E-state index < -0.39 is 0 Å². The number of hydrogen-bond acceptors (Lipinski definition) is 2. The molecule has 2 aromatic rings. The van der Waals surface area contributed by atoms with Gasteiger partial charge in [0.25, 0.3) is 0 Å². The molecule has 1 fully saturated rings. The molecule has 1 aliphatic rings. The van der Waals surface area contributed by atoms with Crippen LogP contribution in [0.25, 0.3) is 5.69 Å². The molecule has 3 nitrogen and oxygen atoms in total. The molecule has 0 N–H and O–H groups in total. The van der Waals surface area contributed by atoms with E-state index in [4.69, 9.17) is 11.6 Å². The summed E-state index contributed by atoms with van der Waals surface area (Å²) in [5, 5.41) is 8.57. The number of nitrogens with zero attached hydrogens (tertiary/aromatic N) is 3. The molecule has 1 aliphatic carbocycles. The van der Waals surface area contributed by atoms with Crippen molar-refractivity contribution in [2.24, 2.45) is 0 Å². The molecule has 0 bridgehead atoms. The molecule has 0 saturated heterocycles. The minimum absolute atomic E-state index is 0.433. The average molecular weight is 313 g/mol. The van der Waals surface area contributed by atoms with E-state index in [1.165, 1.54) is 18.4 Å². The summed E-state index contributed by atoms with van der Waals surface area (Å²) in [6, 6.07) is 6.16. The van der Waals surface area contributed by atoms with Crippen molar-refractivity contribution < 1.29 is 0 Å². The lowest BCUT2D eigenvalue weighted by molar-refractivity contribution is 0.871. The Kier molecular flexibility index (Phi) is 2.71. The lowest BCUT2D eigenvalue weighted by Crippen LogP contribution is -2.00. The maximum absolute atomic E-state index is 6.12. The highest BCUT2D eigenvalue weighted by molar-refractivity contribution is 9.10. The molecule has 1 aromatic heterocycles. The van der Waals surface area contributed by atoms with Gasteiger partial charge in [0, 0.05) is 10.4 Å². The fourth-order valence-electron chi connectivity index (χ4n) is 1.84. The van der Waals surface area contributed by atoms with E-state index in [9.17, 15) is 0 Å². The number of aromatic nitrogens is 3. The minimum atomic E-state index is 0.433. The van der Waals surface area contributed by atoms with Crippen LogP contribution in [0.2, 0.25) is 5.28 Å². The lowest BCUT2D eigenvalue weighted by Gasteiger charge is -2.08. The van der Waals surface area contributed by atoms with Gasteiger partial charge in [0.15, 0.2) is 0 Å². The first-order valence-electron chi connectivity index (χ1n) is 5.54. The van der Waals surface area contributed by atoms with Crippen LogP contribution in [0.1, 0.15) is 30.1 Å². The van der Waals surface area contributed by atoms with Crippen LogP contribution in [-0.2, 0) is 0 Å². The zero-order valence-corrected chi connectivity index (χ0v) is 11.7. The summed E-state index contributed by atoms with van der Waals surface area (Å²) in [7, 11) is 0. The van der Waals surface area contributed by atoms with Crippen molar-refractivity contribution in [1.82, 2.24) is 14.8 Å². The zero-order valence-electron chi connectivity index (χ0n) is 9.32. The fraction of sp³-hybridized carbons (Fsp3) is 0.333. The number of benzene rings is 1. The first-order valence-corrected chi connectivity index (χ1v) is 6.71. The van der Waals surface area contributed by atoms with E-state index in [2.05, 4.69) is 45.2 Å². The summed E-state index contributed by atoms with van der Waals surface area (Å²) >= 11 is 9.65. The first-order chi connectivity index (χ1) is 8.16. The maximum atomic E-state index is 6.12. The Labute approximate surface area is 113 Å². The Morgan fingerprint density at radius 1 is 1.35 bits per heavy atom. The van der Waals surface area contributed by atoms with Crippen molar-refractivity contribution >= 4 is 27.5 Å². The third kappa shape index (κ3) is 2.00. The van der Waals surface area contributed by atoms with Crippen molar-refractivity contribution in [2.75, 3.05) is 0 Å². The quantitative estimate of drug-likeness (QED) is 0.843. The van der Waals surface area contributed by atoms with Gasteiger partial charge in [0.05, 0.1) is 5.69 Å². The molecule has 0 radical (unpaired) electrons. The summed E-state index contributed by atoms with van der Waals surface area (Å²) in [6.45, 7) is 2.06. The predicted molar refractivity (Wildman–Crippen MR) is 70.8 cm³/mol. The van der Waals surface area contributed by atoms with E-state index in [-0.39, 0.29) is 0 Å². The molecule has 88 valence electrons. The third-order valence-electron chi connectivity index (χ3n) is 3.00. The van der Waals surface area contributed by atoms with Crippen LogP contribution in [0.5, 0.6) is 0 Å². The molecule has 1 saturated carbocycles. The largest absolute Gasteiger partial charge is 0.269 e. The van der Waals surface area contributed by atoms with Gasteiger partial charge < -0.3 is 0 Å². The van der Waals surface area contributed by atoms with E-state index >= 15 is 0 Å². The van der Waals surface area contributed by atoms with Gasteiger partial charge in [-0.25, -0.2) is 0 Å². The standard InChI is InChI=1S/C12H11BrClN3/c1-7-2-5-9(6-10(7)13)17-11(8-3-4-8)15-16-12(17)14/h2,5-6,8H,3-4H2,1H3. The van der Waals surface area contributed by atoms with Crippen LogP contribution >= 0.6 is 27.5 Å². The highest BCUT2D eigenvalue weighted by Gasteiger charge is 2.30. The van der Waals surface area contributed by atoms with Crippen LogP contribution in [0.15, 0.2) is 22.7 Å². The lowest BCUT2D eigenvalue weighted by atomic mass is 10.2. The summed E-state index contributed by atoms with van der Waals surface area (Å²) in [5.74, 6) is 1.50. The van der Waals surface area contributed by atoms with Gasteiger partial charge in [-0.3, -0.25) is 4.57 Å². The second kappa shape index (κ2) is 4.10. The molecule has 0 atom stereocenters. The third-order valence-corrected chi connectivity index (χ3v) is 4.10. The fourth-order valence-corrected chi connectivity index (χ4v) is 2.43. The minimum Gasteiger partial charge on any atom is -0.269 e. The van der Waals surface area contributed by atoms with Crippen LogP contribution in [0, 0.1) is 6.92 Å². The Morgan fingerprint density at radius 2 is 2.12 bits per heavy atom. The maximum Gasteiger partial charge on any atom is 0.229 e. The summed E-state index contributed by atoms with van der Waals surface area (Å²) in [5.41, 5.74) is 2.21. The Bertz CT molecular complexity index is 575. The summed E-state index contributed by atoms with van der Waals surface area (Å²) in [4.78, 5) is 0. The van der Waals surface area contributed by atoms with Crippen molar-refractivity contribution in [2.45, 2.75) is 25.7 Å². The normalized spacial score (nSPS) is 15.2. The number of rotatable bonds is 2. The smallest absolute Gasteiger partial charge is 0.229 e. The van der Waals surface area contributed by atoms with E-state index in [0.717, 1.165) is 16.0 Å². The average Bonchev–Trinajstić information content (AvgIpc) is 3.07. The Balaban J connectivity index is 2.13. The molecule has 0 amide bonds. The van der Waals surface area contributed by atoms with E-state index in [1.54, 1.807) is 0 Å². The van der Waals surface area contributed by atoms with E-state index in [0.29, 0.717) is 11.2 Å². The van der Waals surface area contributed by atoms with Crippen LogP contribution < -0.4 is 0 Å². The molecule has 0 spiro atoms. The van der Waals surface area contributed by atoms with Gasteiger partial charge >= 0.3 is 0 Å². The Hall–Kier alpha value is -0.870. The molecule has 1 aromatic carbocycles. The first kappa shape index (κ1) is 11.2. The SMILES string of the molecule is Cc1ccc(-n2c(Cl)nnc2C2CC2)cc1Br. The Morgan fingerprint density at radius 3 is 2.76 bits per heavy atom. The zero-order chi connectivity index (χ0) is 12.0. The predicted octanol–water partition coefficient (Wildman–Crippen LogP) is 3.87. The topological polar surface area (TPSA) is 30.7 Å². The van der Waals surface area contributed by atoms with Gasteiger partial charge in [-0.05, 0) is 49.1 Å². The molecule has 0 aliphatic heterocycles. The van der Waals surface area contributed by atoms with Gasteiger partial charge in [0.1, 0.15) is 5.82 Å². The molecular formula is C12H11BrClN3. The highest BCUT2D eigenvalue weighted by atomic mass is 79.9. The summed E-state index contributed by atoms with van der Waals surface area (Å²) < 4.78 is 3.00. The highest BCUT2D eigenvalue weighted by Crippen LogP contribution is 2.40. The number of hydrogen-bond donors (Lipinski definition) is 0. The summed E-state index contributed by atoms with van der Waals surface area (Å²) in [6.07, 6.45) is 2.37. The van der Waals surface area contributed by atoms with Crippen LogP contribution in [0.4, 0.5) is 0 Å². The molecular weight excluding hydrogens is 302 g/mol. The van der Waals surface area contributed by atoms with Crippen LogP contribution in [-0.4, -0.2) is 14.8 Å². The molecule has 1 heterocycles. The second-order valence-electron chi connectivity index (χ2n) is 4.37. The molecule has 3 rings (SSSR count). The molecule has 0 unspecified atom stereocenters. The van der Waals surface area contributed by atoms with Crippen molar-refractivity contribution in [3.63, 3.8) is 0 Å². The number of aryl methyl sites for hydroxylation is 1. The van der Waals surface area contributed by atoms with Gasteiger partial charge in [0.2, 0.25) is 5.28 Å². The second-order valence-corrected chi connectivity index (χ2v) is 5.56. The van der Waals surface area contributed by atoms with Crippen molar-refractivity contribution in [1.29, 1.82) is 0 Å². The van der Waals surface area contributed by atoms with Crippen molar-refractivity contribution in [3.8, 4) is 5.69 Å². The van der Waals surface area contributed by atoms with Gasteiger partial charge in [-0.2, -0.15) is 0 Å². The molecule has 17 heavy (non-hydrogen) atoms. The van der Waals surface area contributed by atoms with Crippen molar-refractivity contribution in [3.05, 3.63) is 39.3 Å². The number of halogens is 2. The monoisotopic (exact) mass is 311 g/mol.